The van der Waals surface area contributed by atoms with Crippen molar-refractivity contribution < 1.29 is 0 Å². The van der Waals surface area contributed by atoms with Crippen molar-refractivity contribution in [3.8, 4) is 5.69 Å². The highest BCUT2D eigenvalue weighted by Gasteiger charge is 2.04. The lowest BCUT2D eigenvalue weighted by atomic mass is 10.2. The third-order valence-electron chi connectivity index (χ3n) is 3.58. The maximum atomic E-state index is 4.25. The number of aryl methyl sites for hydroxylation is 1. The smallest absolute Gasteiger partial charge is 0.191 e. The Morgan fingerprint density at radius 3 is 2.68 bits per heavy atom. The summed E-state index contributed by atoms with van der Waals surface area (Å²) >= 11 is 0. The van der Waals surface area contributed by atoms with E-state index in [9.17, 15) is 0 Å². The molecule has 2 heterocycles. The highest BCUT2D eigenvalue weighted by atomic mass is 127. The first-order valence-electron chi connectivity index (χ1n) is 7.62. The first-order chi connectivity index (χ1) is 11.8. The van der Waals surface area contributed by atoms with E-state index in [2.05, 4.69) is 42.9 Å². The van der Waals surface area contributed by atoms with Crippen LogP contribution in [0.5, 0.6) is 0 Å². The number of rotatable bonds is 5. The molecule has 25 heavy (non-hydrogen) atoms. The SMILES string of the molecule is CN=C(NCc1cccc(-n2cccn2)c1)NCc1ncnn1C.I. The van der Waals surface area contributed by atoms with Gasteiger partial charge < -0.3 is 10.6 Å². The summed E-state index contributed by atoms with van der Waals surface area (Å²) in [4.78, 5) is 8.40. The fourth-order valence-corrected chi connectivity index (χ4v) is 2.28. The van der Waals surface area contributed by atoms with Gasteiger partial charge in [0.05, 0.1) is 12.2 Å². The fourth-order valence-electron chi connectivity index (χ4n) is 2.28. The second-order valence-electron chi connectivity index (χ2n) is 5.20. The number of aromatic nitrogens is 5. The Balaban J connectivity index is 0.00000225. The van der Waals surface area contributed by atoms with Crippen LogP contribution in [0.1, 0.15) is 11.4 Å². The Morgan fingerprint density at radius 1 is 1.16 bits per heavy atom. The topological polar surface area (TPSA) is 84.9 Å². The van der Waals surface area contributed by atoms with E-state index in [4.69, 9.17) is 0 Å². The molecule has 0 bridgehead atoms. The Kier molecular flexibility index (Phi) is 6.92. The van der Waals surface area contributed by atoms with Crippen LogP contribution in [-0.4, -0.2) is 37.6 Å². The van der Waals surface area contributed by atoms with Crippen LogP contribution in [0.15, 0.2) is 54.0 Å². The maximum absolute atomic E-state index is 4.25. The zero-order valence-corrected chi connectivity index (χ0v) is 16.5. The molecule has 0 fully saturated rings. The normalized spacial score (nSPS) is 11.0. The highest BCUT2D eigenvalue weighted by Crippen LogP contribution is 2.09. The summed E-state index contributed by atoms with van der Waals surface area (Å²) in [6.07, 6.45) is 5.23. The van der Waals surface area contributed by atoms with E-state index in [1.165, 1.54) is 6.33 Å². The van der Waals surface area contributed by atoms with Gasteiger partial charge in [-0.3, -0.25) is 9.67 Å². The van der Waals surface area contributed by atoms with Crippen LogP contribution in [0.4, 0.5) is 0 Å². The number of nitrogens with zero attached hydrogens (tertiary/aromatic N) is 6. The number of nitrogens with one attached hydrogen (secondary N) is 2. The molecule has 3 rings (SSSR count). The van der Waals surface area contributed by atoms with Gasteiger partial charge in [0.2, 0.25) is 0 Å². The van der Waals surface area contributed by atoms with E-state index in [0.29, 0.717) is 19.0 Å². The highest BCUT2D eigenvalue weighted by molar-refractivity contribution is 14.0. The number of aliphatic imine (C=N–C) groups is 1. The molecule has 0 amide bonds. The Morgan fingerprint density at radius 2 is 2.00 bits per heavy atom. The summed E-state index contributed by atoms with van der Waals surface area (Å²) in [6, 6.07) is 10.1. The molecule has 1 aromatic carbocycles. The van der Waals surface area contributed by atoms with Crippen LogP contribution in [0.25, 0.3) is 5.69 Å². The minimum absolute atomic E-state index is 0. The van der Waals surface area contributed by atoms with E-state index < -0.39 is 0 Å². The van der Waals surface area contributed by atoms with Gasteiger partial charge in [0.15, 0.2) is 5.96 Å². The molecule has 2 aromatic heterocycles. The molecule has 0 unspecified atom stereocenters. The quantitative estimate of drug-likeness (QED) is 0.348. The first kappa shape index (κ1) is 18.9. The number of benzene rings is 1. The van der Waals surface area contributed by atoms with Crippen molar-refractivity contribution in [1.29, 1.82) is 0 Å². The average molecular weight is 452 g/mol. The number of guanidine groups is 1. The van der Waals surface area contributed by atoms with Crippen LogP contribution >= 0.6 is 24.0 Å². The second-order valence-corrected chi connectivity index (χ2v) is 5.20. The molecule has 8 nitrogen and oxygen atoms in total. The van der Waals surface area contributed by atoms with E-state index >= 15 is 0 Å². The van der Waals surface area contributed by atoms with Crippen LogP contribution in [0.2, 0.25) is 0 Å². The second kappa shape index (κ2) is 9.16. The summed E-state index contributed by atoms with van der Waals surface area (Å²) in [5, 5.41) is 14.8. The summed E-state index contributed by atoms with van der Waals surface area (Å²) in [6.45, 7) is 1.22. The molecule has 0 radical (unpaired) electrons. The first-order valence-corrected chi connectivity index (χ1v) is 7.62. The largest absolute Gasteiger partial charge is 0.352 e. The monoisotopic (exact) mass is 452 g/mol. The van der Waals surface area contributed by atoms with E-state index in [0.717, 1.165) is 17.1 Å². The van der Waals surface area contributed by atoms with Crippen molar-refractivity contribution in [3.05, 3.63) is 60.4 Å². The molecule has 0 spiro atoms. The molecule has 0 aliphatic carbocycles. The molecular formula is C16H21IN8. The van der Waals surface area contributed by atoms with Gasteiger partial charge in [-0.1, -0.05) is 12.1 Å². The van der Waals surface area contributed by atoms with Gasteiger partial charge in [0, 0.05) is 33.0 Å². The minimum atomic E-state index is 0. The number of hydrogen-bond acceptors (Lipinski definition) is 4. The van der Waals surface area contributed by atoms with Gasteiger partial charge in [-0.05, 0) is 23.8 Å². The van der Waals surface area contributed by atoms with Crippen LogP contribution in [0.3, 0.4) is 0 Å². The zero-order valence-electron chi connectivity index (χ0n) is 14.1. The number of halogens is 1. The Hall–Kier alpha value is -2.43. The molecule has 9 heteroatoms. The van der Waals surface area contributed by atoms with Crippen molar-refractivity contribution >= 4 is 29.9 Å². The van der Waals surface area contributed by atoms with Gasteiger partial charge >= 0.3 is 0 Å². The van der Waals surface area contributed by atoms with E-state index in [1.807, 2.05) is 36.1 Å². The van der Waals surface area contributed by atoms with Gasteiger partial charge in [-0.2, -0.15) is 10.2 Å². The van der Waals surface area contributed by atoms with Crippen LogP contribution in [-0.2, 0) is 20.1 Å². The Labute approximate surface area is 163 Å². The lowest BCUT2D eigenvalue weighted by Crippen LogP contribution is -2.36. The summed E-state index contributed by atoms with van der Waals surface area (Å²) < 4.78 is 3.57. The summed E-state index contributed by atoms with van der Waals surface area (Å²) in [5.74, 6) is 1.56. The van der Waals surface area contributed by atoms with E-state index in [-0.39, 0.29) is 24.0 Å². The third-order valence-corrected chi connectivity index (χ3v) is 3.58. The average Bonchev–Trinajstić information content (AvgIpc) is 3.27. The standard InChI is InChI=1S/C16H20N8.HI/c1-17-16(19-11-15-20-12-22-23(15)2)18-10-13-5-3-6-14(9-13)24-8-4-7-21-24;/h3-9,12H,10-11H2,1-2H3,(H2,17,18,19);1H. The molecular weight excluding hydrogens is 431 g/mol. The van der Waals surface area contributed by atoms with Crippen LogP contribution in [0, 0.1) is 0 Å². The predicted molar refractivity (Wildman–Crippen MR) is 107 cm³/mol. The zero-order chi connectivity index (χ0) is 16.8. The van der Waals surface area contributed by atoms with Crippen molar-refractivity contribution in [1.82, 2.24) is 35.2 Å². The van der Waals surface area contributed by atoms with Gasteiger partial charge in [-0.15, -0.1) is 24.0 Å². The molecule has 0 aliphatic rings. The molecule has 3 aromatic rings. The van der Waals surface area contributed by atoms with Crippen LogP contribution < -0.4 is 10.6 Å². The van der Waals surface area contributed by atoms with Crippen molar-refractivity contribution in [2.24, 2.45) is 12.0 Å². The van der Waals surface area contributed by atoms with Crippen molar-refractivity contribution in [2.75, 3.05) is 7.05 Å². The third kappa shape index (κ3) is 5.02. The van der Waals surface area contributed by atoms with Gasteiger partial charge in [0.25, 0.3) is 0 Å². The van der Waals surface area contributed by atoms with Gasteiger partial charge in [-0.25, -0.2) is 9.67 Å². The molecule has 0 saturated carbocycles. The van der Waals surface area contributed by atoms with Crippen molar-refractivity contribution in [2.45, 2.75) is 13.1 Å². The van der Waals surface area contributed by atoms with Crippen molar-refractivity contribution in [3.63, 3.8) is 0 Å². The molecule has 0 saturated heterocycles. The lowest BCUT2D eigenvalue weighted by Gasteiger charge is -2.12. The Bertz CT molecular complexity index is 809. The minimum Gasteiger partial charge on any atom is -0.352 e. The predicted octanol–water partition coefficient (Wildman–Crippen LogP) is 1.48. The summed E-state index contributed by atoms with van der Waals surface area (Å²) in [7, 11) is 3.60. The molecule has 0 atom stereocenters. The van der Waals surface area contributed by atoms with Gasteiger partial charge in [0.1, 0.15) is 12.2 Å². The molecule has 132 valence electrons. The molecule has 0 aliphatic heterocycles. The lowest BCUT2D eigenvalue weighted by molar-refractivity contribution is 0.672. The maximum Gasteiger partial charge on any atom is 0.191 e. The number of hydrogen-bond donors (Lipinski definition) is 2. The summed E-state index contributed by atoms with van der Waals surface area (Å²) in [5.41, 5.74) is 2.17. The molecule has 2 N–H and O–H groups in total. The van der Waals surface area contributed by atoms with E-state index in [1.54, 1.807) is 17.9 Å². The fraction of sp³-hybridized carbons (Fsp3) is 0.250.